The second-order valence-corrected chi connectivity index (χ2v) is 7.49. The lowest BCUT2D eigenvalue weighted by Gasteiger charge is -2.27. The molecule has 0 amide bonds. The van der Waals surface area contributed by atoms with Gasteiger partial charge in [0.1, 0.15) is 5.92 Å². The number of hydrogen-bond acceptors (Lipinski definition) is 9. The van der Waals surface area contributed by atoms with Gasteiger partial charge >= 0.3 is 0 Å². The highest BCUT2D eigenvalue weighted by molar-refractivity contribution is 9.10. The summed E-state index contributed by atoms with van der Waals surface area (Å²) in [7, 11) is 8.90. The highest BCUT2D eigenvalue weighted by atomic mass is 79.9. The van der Waals surface area contributed by atoms with Crippen molar-refractivity contribution >= 4 is 21.7 Å². The maximum atomic E-state index is 13.9. The summed E-state index contributed by atoms with van der Waals surface area (Å²) < 4.78 is 44.5. The molecule has 3 rings (SSSR count). The lowest BCUT2D eigenvalue weighted by atomic mass is 9.88. The number of ketones is 1. The van der Waals surface area contributed by atoms with Crippen molar-refractivity contribution in [1.82, 2.24) is 0 Å². The van der Waals surface area contributed by atoms with Crippen molar-refractivity contribution in [2.24, 2.45) is 0 Å². The summed E-state index contributed by atoms with van der Waals surface area (Å²) in [6.07, 6.45) is -0.943. The van der Waals surface area contributed by atoms with E-state index in [1.807, 2.05) is 0 Å². The molecule has 1 aliphatic rings. The lowest BCUT2D eigenvalue weighted by molar-refractivity contribution is -0.110. The molecule has 0 bridgehead atoms. The fourth-order valence-corrected chi connectivity index (χ4v) is 4.13. The van der Waals surface area contributed by atoms with Crippen LogP contribution in [0.4, 0.5) is 0 Å². The normalized spacial score (nSPS) is 13.1. The first-order valence-corrected chi connectivity index (χ1v) is 10.3. The number of carbonyl (C=O) groups is 1. The molecule has 0 radical (unpaired) electrons. The van der Waals surface area contributed by atoms with E-state index in [-0.39, 0.29) is 12.6 Å². The Morgan fingerprint density at radius 3 is 2.00 bits per heavy atom. The number of rotatable bonds is 10. The predicted molar refractivity (Wildman–Crippen MR) is 118 cm³/mol. The monoisotopic (exact) mass is 512 g/mol. The van der Waals surface area contributed by atoms with Crippen LogP contribution in [0.2, 0.25) is 0 Å². The number of benzene rings is 2. The summed E-state index contributed by atoms with van der Waals surface area (Å²) in [5.74, 6) is 1.08. The van der Waals surface area contributed by atoms with Crippen molar-refractivity contribution in [3.63, 3.8) is 0 Å². The fourth-order valence-electron chi connectivity index (χ4n) is 3.62. The van der Waals surface area contributed by atoms with Gasteiger partial charge in [0.15, 0.2) is 35.1 Å². The highest BCUT2D eigenvalue weighted by Crippen LogP contribution is 2.52. The lowest BCUT2D eigenvalue weighted by Crippen LogP contribution is -2.30. The molecule has 0 spiro atoms. The average Bonchev–Trinajstić information content (AvgIpc) is 3.30. The van der Waals surface area contributed by atoms with Gasteiger partial charge in [0, 0.05) is 29.8 Å². The van der Waals surface area contributed by atoms with E-state index in [9.17, 15) is 4.79 Å². The molecule has 1 atom stereocenters. The van der Waals surface area contributed by atoms with Crippen molar-refractivity contribution in [1.29, 1.82) is 0 Å². The van der Waals surface area contributed by atoms with Crippen LogP contribution in [0.25, 0.3) is 0 Å². The number of hydrogen-bond donors (Lipinski definition) is 0. The van der Waals surface area contributed by atoms with Crippen molar-refractivity contribution in [2.45, 2.75) is 12.2 Å². The van der Waals surface area contributed by atoms with Crippen LogP contribution in [-0.4, -0.2) is 61.5 Å². The zero-order chi connectivity index (χ0) is 23.4. The van der Waals surface area contributed by atoms with E-state index in [4.69, 9.17) is 37.9 Å². The van der Waals surface area contributed by atoms with E-state index in [0.717, 1.165) is 0 Å². The Morgan fingerprint density at radius 2 is 1.44 bits per heavy atom. The summed E-state index contributed by atoms with van der Waals surface area (Å²) in [5, 5.41) is 0. The topological polar surface area (TPSA) is 90.9 Å². The predicted octanol–water partition coefficient (Wildman–Crippen LogP) is 3.80. The van der Waals surface area contributed by atoms with Crippen LogP contribution in [0.15, 0.2) is 22.7 Å². The molecule has 32 heavy (non-hydrogen) atoms. The highest BCUT2D eigenvalue weighted by Gasteiger charge is 2.39. The van der Waals surface area contributed by atoms with Crippen molar-refractivity contribution in [3.8, 4) is 34.5 Å². The first-order chi connectivity index (χ1) is 15.4. The van der Waals surface area contributed by atoms with Crippen LogP contribution in [-0.2, 0) is 9.47 Å². The number of fused-ring (bicyclic) bond motifs is 1. The van der Waals surface area contributed by atoms with Gasteiger partial charge in [-0.1, -0.05) is 0 Å². The Morgan fingerprint density at radius 1 is 0.844 bits per heavy atom. The van der Waals surface area contributed by atoms with E-state index in [1.54, 1.807) is 18.2 Å². The van der Waals surface area contributed by atoms with Crippen LogP contribution >= 0.6 is 15.9 Å². The molecular formula is C22H25BrO9. The molecule has 2 aromatic carbocycles. The number of methoxy groups -OCH3 is 6. The van der Waals surface area contributed by atoms with E-state index in [1.165, 1.54) is 42.7 Å². The number of halogens is 1. The molecule has 0 saturated carbocycles. The van der Waals surface area contributed by atoms with Crippen LogP contribution in [0.5, 0.6) is 34.5 Å². The van der Waals surface area contributed by atoms with E-state index in [2.05, 4.69) is 15.9 Å². The maximum absolute atomic E-state index is 13.9. The molecule has 0 aromatic heterocycles. The zero-order valence-corrected chi connectivity index (χ0v) is 20.2. The van der Waals surface area contributed by atoms with Gasteiger partial charge in [-0.2, -0.15) is 0 Å². The van der Waals surface area contributed by atoms with Crippen LogP contribution in [0.1, 0.15) is 21.8 Å². The minimum atomic E-state index is -0.947. The number of ether oxygens (including phenoxy) is 8. The molecule has 1 heterocycles. The Hall–Kier alpha value is -2.69. The molecule has 0 fully saturated rings. The Balaban J connectivity index is 2.23. The van der Waals surface area contributed by atoms with Gasteiger partial charge in [-0.15, -0.1) is 0 Å². The summed E-state index contributed by atoms with van der Waals surface area (Å²) in [5.41, 5.74) is 0.791. The van der Waals surface area contributed by atoms with E-state index in [0.29, 0.717) is 50.1 Å². The van der Waals surface area contributed by atoms with Crippen molar-refractivity contribution in [2.75, 3.05) is 49.5 Å². The first kappa shape index (κ1) is 24.0. The first-order valence-electron chi connectivity index (χ1n) is 9.51. The minimum absolute atomic E-state index is 0.00330. The molecule has 9 nitrogen and oxygen atoms in total. The third-order valence-electron chi connectivity index (χ3n) is 5.11. The quantitative estimate of drug-likeness (QED) is 0.348. The summed E-state index contributed by atoms with van der Waals surface area (Å²) in [6, 6.07) is 4.92. The smallest absolute Gasteiger partial charge is 0.231 e. The third kappa shape index (κ3) is 4.17. The van der Waals surface area contributed by atoms with Gasteiger partial charge < -0.3 is 37.9 Å². The SMILES string of the molecule is COc1cc(Br)c(C(=O)[C@H](c2cc(OC)c3c(c2OC)OCO3)C(OC)OC)cc1OC. The Kier molecular flexibility index (Phi) is 7.70. The largest absolute Gasteiger partial charge is 0.493 e. The standard InChI is InChI=1S/C22H25BrO9/c1-25-14-7-11(13(23)9-15(14)26-2)18(24)17(22(29-5)30-6)12-8-16(27-3)20-21(19(12)28-4)32-10-31-20/h7-9,17,22H,10H2,1-6H3/t17-/m0/s1. The van der Waals surface area contributed by atoms with Gasteiger partial charge in [-0.05, 0) is 34.1 Å². The molecule has 10 heteroatoms. The summed E-state index contributed by atoms with van der Waals surface area (Å²) >= 11 is 3.46. The molecule has 2 aromatic rings. The summed E-state index contributed by atoms with van der Waals surface area (Å²) in [4.78, 5) is 13.9. The summed E-state index contributed by atoms with van der Waals surface area (Å²) in [6.45, 7) is 0.00330. The van der Waals surface area contributed by atoms with Gasteiger partial charge in [0.2, 0.25) is 18.3 Å². The molecule has 0 N–H and O–H groups in total. The molecule has 174 valence electrons. The third-order valence-corrected chi connectivity index (χ3v) is 5.76. The van der Waals surface area contributed by atoms with Gasteiger partial charge in [0.05, 0.1) is 28.4 Å². The Labute approximate surface area is 194 Å². The van der Waals surface area contributed by atoms with E-state index < -0.39 is 12.2 Å². The number of carbonyl (C=O) groups excluding carboxylic acids is 1. The molecule has 0 aliphatic carbocycles. The number of Topliss-reactive ketones (excluding diaryl/α,β-unsaturated/α-hetero) is 1. The van der Waals surface area contributed by atoms with E-state index >= 15 is 0 Å². The zero-order valence-electron chi connectivity index (χ0n) is 18.6. The second-order valence-electron chi connectivity index (χ2n) is 6.63. The van der Waals surface area contributed by atoms with Crippen LogP contribution < -0.4 is 28.4 Å². The van der Waals surface area contributed by atoms with Gasteiger partial charge in [-0.25, -0.2) is 0 Å². The molecule has 1 aliphatic heterocycles. The van der Waals surface area contributed by atoms with Crippen molar-refractivity contribution < 1.29 is 42.7 Å². The maximum Gasteiger partial charge on any atom is 0.231 e. The average molecular weight is 513 g/mol. The van der Waals surface area contributed by atoms with Gasteiger partial charge in [-0.3, -0.25) is 4.79 Å². The molecule has 0 saturated heterocycles. The minimum Gasteiger partial charge on any atom is -0.493 e. The fraction of sp³-hybridized carbons (Fsp3) is 0.409. The van der Waals surface area contributed by atoms with Crippen LogP contribution in [0.3, 0.4) is 0 Å². The molecular weight excluding hydrogens is 488 g/mol. The molecule has 0 unspecified atom stereocenters. The van der Waals surface area contributed by atoms with Crippen LogP contribution in [0, 0.1) is 0 Å². The second kappa shape index (κ2) is 10.3. The van der Waals surface area contributed by atoms with Gasteiger partial charge in [0.25, 0.3) is 0 Å². The Bertz CT molecular complexity index is 988. The van der Waals surface area contributed by atoms with Crippen molar-refractivity contribution in [3.05, 3.63) is 33.8 Å².